The van der Waals surface area contributed by atoms with Crippen molar-refractivity contribution in [2.75, 3.05) is 0 Å². The molecule has 0 aliphatic heterocycles. The zero-order chi connectivity index (χ0) is 4.83. The van der Waals surface area contributed by atoms with Crippen LogP contribution in [0.2, 0.25) is 0 Å². The largest absolute Gasteiger partial charge is 0.203 e. The minimum atomic E-state index is 1.59. The van der Waals surface area contributed by atoms with Crippen LogP contribution in [0.4, 0.5) is 0 Å². The molecule has 0 radical (unpaired) electrons. The Kier molecular flexibility index (Phi) is 4.19. The molecule has 6 heavy (non-hydrogen) atoms. The summed E-state index contributed by atoms with van der Waals surface area (Å²) in [5, 5.41) is 2.19. The van der Waals surface area contributed by atoms with Crippen molar-refractivity contribution in [3.63, 3.8) is 0 Å². The lowest BCUT2D eigenvalue weighted by Gasteiger charge is -1.57. The van der Waals surface area contributed by atoms with Gasteiger partial charge in [0.1, 0.15) is 0 Å². The molecular formula is C4H5NS. The van der Waals surface area contributed by atoms with Gasteiger partial charge in [-0.05, 0) is 19.1 Å². The highest BCUT2D eigenvalue weighted by Crippen LogP contribution is 1.65. The van der Waals surface area contributed by atoms with Crippen LogP contribution in [0.25, 0.3) is 0 Å². The molecule has 0 fully saturated rings. The molecule has 1 nitrogen and oxygen atoms in total. The van der Waals surface area contributed by atoms with Crippen molar-refractivity contribution in [3.05, 3.63) is 12.3 Å². The second-order valence-electron chi connectivity index (χ2n) is 0.703. The Hall–Kier alpha value is -0.460. The second-order valence-corrected chi connectivity index (χ2v) is 0.885. The van der Waals surface area contributed by atoms with Gasteiger partial charge in [0.2, 0.25) is 0 Å². The Bertz CT molecular complexity index is 89.7. The number of aliphatic imine (C=N–C) groups is 1. The zero-order valence-electron chi connectivity index (χ0n) is 3.51. The lowest BCUT2D eigenvalue weighted by atomic mass is 10.7. The maximum absolute atomic E-state index is 4.25. The first-order chi connectivity index (χ1) is 2.91. The Labute approximate surface area is 42.4 Å². The van der Waals surface area contributed by atoms with Gasteiger partial charge in [-0.25, -0.2) is 4.99 Å². The van der Waals surface area contributed by atoms with Crippen LogP contribution < -0.4 is 0 Å². The van der Waals surface area contributed by atoms with Crippen LogP contribution >= 0.6 is 12.2 Å². The molecule has 0 rings (SSSR count). The zero-order valence-corrected chi connectivity index (χ0v) is 4.33. The summed E-state index contributed by atoms with van der Waals surface area (Å²) in [5.41, 5.74) is 0. The van der Waals surface area contributed by atoms with Crippen molar-refractivity contribution in [1.29, 1.82) is 0 Å². The molecule has 0 heterocycles. The summed E-state index contributed by atoms with van der Waals surface area (Å²) >= 11 is 4.25. The molecule has 0 N–H and O–H groups in total. The van der Waals surface area contributed by atoms with Crippen LogP contribution in [0.1, 0.15) is 6.92 Å². The van der Waals surface area contributed by atoms with E-state index < -0.39 is 0 Å². The monoisotopic (exact) mass is 99.0 g/mol. The Morgan fingerprint density at radius 1 is 1.83 bits per heavy atom. The van der Waals surface area contributed by atoms with E-state index in [1.54, 1.807) is 12.3 Å². The molecule has 0 unspecified atom stereocenters. The number of nitrogens with zero attached hydrogens (tertiary/aromatic N) is 1. The van der Waals surface area contributed by atoms with Crippen LogP contribution in [-0.4, -0.2) is 5.16 Å². The topological polar surface area (TPSA) is 12.4 Å². The van der Waals surface area contributed by atoms with Gasteiger partial charge in [0.05, 0.1) is 5.16 Å². The summed E-state index contributed by atoms with van der Waals surface area (Å²) < 4.78 is 0. The summed E-state index contributed by atoms with van der Waals surface area (Å²) in [6, 6.07) is 0. The normalized spacial score (nSPS) is 8.17. The van der Waals surface area contributed by atoms with Crippen molar-refractivity contribution in [2.24, 2.45) is 4.99 Å². The fraction of sp³-hybridized carbons (Fsp3) is 0.250. The van der Waals surface area contributed by atoms with Gasteiger partial charge in [0.15, 0.2) is 0 Å². The average Bonchev–Trinajstić information content (AvgIpc) is 1.61. The number of allylic oxidation sites excluding steroid dienone is 1. The molecule has 0 bridgehead atoms. The lowest BCUT2D eigenvalue weighted by Crippen LogP contribution is -1.39. The van der Waals surface area contributed by atoms with Gasteiger partial charge in [-0.3, -0.25) is 0 Å². The summed E-state index contributed by atoms with van der Waals surface area (Å²) in [4.78, 5) is 3.47. The third kappa shape index (κ3) is 3.54. The van der Waals surface area contributed by atoms with Crippen LogP contribution in [0.3, 0.4) is 0 Å². The highest BCUT2D eigenvalue weighted by Gasteiger charge is 1.46. The SMILES string of the molecule is C/C=C\N=C=S. The Morgan fingerprint density at radius 2 is 2.50 bits per heavy atom. The molecule has 0 saturated carbocycles. The summed E-state index contributed by atoms with van der Waals surface area (Å²) in [6.45, 7) is 1.87. The van der Waals surface area contributed by atoms with E-state index in [0.29, 0.717) is 0 Å². The molecule has 0 atom stereocenters. The van der Waals surface area contributed by atoms with E-state index in [1.807, 2.05) is 6.92 Å². The van der Waals surface area contributed by atoms with E-state index in [1.165, 1.54) is 0 Å². The molecule has 0 saturated heterocycles. The summed E-state index contributed by atoms with van der Waals surface area (Å²) in [6.07, 6.45) is 3.38. The lowest BCUT2D eigenvalue weighted by molar-refractivity contribution is 1.56. The number of isothiocyanates is 1. The first-order valence-electron chi connectivity index (χ1n) is 1.60. The molecule has 0 aliphatic carbocycles. The van der Waals surface area contributed by atoms with Gasteiger partial charge in [0.25, 0.3) is 0 Å². The van der Waals surface area contributed by atoms with Gasteiger partial charge < -0.3 is 0 Å². The molecule has 0 aromatic heterocycles. The van der Waals surface area contributed by atoms with Crippen molar-refractivity contribution in [3.8, 4) is 0 Å². The van der Waals surface area contributed by atoms with Crippen molar-refractivity contribution in [2.45, 2.75) is 6.92 Å². The molecule has 0 spiro atoms. The highest BCUT2D eigenvalue weighted by molar-refractivity contribution is 7.78. The number of thiocarbonyl (C=S) groups is 1. The van der Waals surface area contributed by atoms with E-state index in [4.69, 9.17) is 0 Å². The van der Waals surface area contributed by atoms with Crippen LogP contribution in [-0.2, 0) is 0 Å². The predicted molar refractivity (Wildman–Crippen MR) is 29.8 cm³/mol. The fourth-order valence-corrected chi connectivity index (χ4v) is 0.166. The molecule has 0 amide bonds. The first kappa shape index (κ1) is 5.54. The minimum absolute atomic E-state index is 1.59. The maximum Gasteiger partial charge on any atom is 0.0634 e. The number of hydrogen-bond acceptors (Lipinski definition) is 2. The van der Waals surface area contributed by atoms with Crippen molar-refractivity contribution in [1.82, 2.24) is 0 Å². The van der Waals surface area contributed by atoms with Gasteiger partial charge >= 0.3 is 0 Å². The molecule has 2 heteroatoms. The third-order valence-corrected chi connectivity index (χ3v) is 0.382. The Balaban J connectivity index is 3.33. The van der Waals surface area contributed by atoms with Crippen molar-refractivity contribution >= 4 is 17.4 Å². The van der Waals surface area contributed by atoms with E-state index in [9.17, 15) is 0 Å². The molecule has 0 aliphatic rings. The quantitative estimate of drug-likeness (QED) is 0.359. The van der Waals surface area contributed by atoms with Gasteiger partial charge in [-0.1, -0.05) is 6.08 Å². The van der Waals surface area contributed by atoms with Gasteiger partial charge in [0, 0.05) is 6.20 Å². The fourth-order valence-electron chi connectivity index (χ4n) is 0.105. The van der Waals surface area contributed by atoms with E-state index >= 15 is 0 Å². The van der Waals surface area contributed by atoms with E-state index in [-0.39, 0.29) is 0 Å². The molecule has 32 valence electrons. The second kappa shape index (κ2) is 4.54. The Morgan fingerprint density at radius 3 is 2.67 bits per heavy atom. The standard InChI is InChI=1S/C4H5NS/c1-2-3-5-4-6/h2-3H,1H3/b3-2-. The van der Waals surface area contributed by atoms with Gasteiger partial charge in [-0.2, -0.15) is 0 Å². The van der Waals surface area contributed by atoms with Crippen LogP contribution in [0, 0.1) is 0 Å². The van der Waals surface area contributed by atoms with Crippen LogP contribution in [0.5, 0.6) is 0 Å². The summed E-state index contributed by atoms with van der Waals surface area (Å²) in [5.74, 6) is 0. The highest BCUT2D eigenvalue weighted by atomic mass is 32.1. The predicted octanol–water partition coefficient (Wildman–Crippen LogP) is 1.62. The number of rotatable bonds is 1. The van der Waals surface area contributed by atoms with Gasteiger partial charge in [-0.15, -0.1) is 0 Å². The molecule has 0 aromatic rings. The first-order valence-corrected chi connectivity index (χ1v) is 2.00. The number of hydrogen-bond donors (Lipinski definition) is 0. The maximum atomic E-state index is 4.25. The average molecular weight is 99.2 g/mol. The van der Waals surface area contributed by atoms with Crippen molar-refractivity contribution < 1.29 is 0 Å². The molecule has 0 aromatic carbocycles. The third-order valence-electron chi connectivity index (χ3n) is 0.276. The van der Waals surface area contributed by atoms with E-state index in [0.717, 1.165) is 0 Å². The smallest absolute Gasteiger partial charge is 0.0634 e. The summed E-state index contributed by atoms with van der Waals surface area (Å²) in [7, 11) is 0. The minimum Gasteiger partial charge on any atom is -0.203 e. The van der Waals surface area contributed by atoms with E-state index in [2.05, 4.69) is 22.4 Å². The van der Waals surface area contributed by atoms with Crippen LogP contribution in [0.15, 0.2) is 17.3 Å². The molecular weight excluding hydrogens is 94.1 g/mol.